The van der Waals surface area contributed by atoms with Crippen molar-refractivity contribution in [2.75, 3.05) is 0 Å². The van der Waals surface area contributed by atoms with Gasteiger partial charge in [-0.25, -0.2) is 9.97 Å². The second-order valence-corrected chi connectivity index (χ2v) is 9.11. The van der Waals surface area contributed by atoms with Gasteiger partial charge in [-0.3, -0.25) is 0 Å². The highest BCUT2D eigenvalue weighted by molar-refractivity contribution is 7.29. The minimum atomic E-state index is 1.04. The van der Waals surface area contributed by atoms with Gasteiger partial charge in [0.2, 0.25) is 0 Å². The van der Waals surface area contributed by atoms with E-state index in [1.165, 1.54) is 44.5 Å². The molecule has 0 atom stereocenters. The van der Waals surface area contributed by atoms with Crippen LogP contribution in [0.3, 0.4) is 0 Å². The summed E-state index contributed by atoms with van der Waals surface area (Å²) in [6, 6.07) is 9.00. The van der Waals surface area contributed by atoms with E-state index in [2.05, 4.69) is 65.8 Å². The van der Waals surface area contributed by atoms with Crippen molar-refractivity contribution >= 4 is 32.3 Å². The minimum Gasteiger partial charge on any atom is -0.223 e. The van der Waals surface area contributed by atoms with Crippen LogP contribution in [-0.2, 0) is 0 Å². The van der Waals surface area contributed by atoms with Crippen LogP contribution in [0.25, 0.3) is 30.8 Å². The number of hydrogen-bond donors (Lipinski definition) is 0. The van der Waals surface area contributed by atoms with Crippen molar-refractivity contribution in [1.82, 2.24) is 9.97 Å². The summed E-state index contributed by atoms with van der Waals surface area (Å²) >= 11 is 3.39. The molecular weight excluding hydrogens is 356 g/mol. The van der Waals surface area contributed by atoms with Gasteiger partial charge < -0.3 is 0 Å². The van der Waals surface area contributed by atoms with E-state index in [0.717, 1.165) is 19.7 Å². The Kier molecular flexibility index (Phi) is 4.20. The zero-order valence-corrected chi connectivity index (χ0v) is 17.7. The molecule has 0 amide bonds. The van der Waals surface area contributed by atoms with Gasteiger partial charge in [0.05, 0.1) is 0 Å². The Balaban J connectivity index is 1.80. The van der Waals surface area contributed by atoms with E-state index in [0.29, 0.717) is 0 Å². The first-order chi connectivity index (χ1) is 12.3. The summed E-state index contributed by atoms with van der Waals surface area (Å²) in [5.74, 6) is 0. The number of nitrogens with zero attached hydrogens (tertiary/aromatic N) is 2. The maximum Gasteiger partial charge on any atom is 0.155 e. The first-order valence-corrected chi connectivity index (χ1v) is 10.4. The molecule has 4 aromatic rings. The maximum atomic E-state index is 4.90. The number of rotatable bonds is 2. The lowest BCUT2D eigenvalue weighted by molar-refractivity contribution is 1.29. The highest BCUT2D eigenvalue weighted by atomic mass is 32.1. The van der Waals surface area contributed by atoms with E-state index in [4.69, 9.17) is 9.97 Å². The Hall–Kier alpha value is -2.04. The van der Waals surface area contributed by atoms with E-state index < -0.39 is 0 Å². The third kappa shape index (κ3) is 2.87. The zero-order valence-electron chi connectivity index (χ0n) is 16.0. The highest BCUT2D eigenvalue weighted by Gasteiger charge is 2.16. The Bertz CT molecular complexity index is 1030. The predicted molar refractivity (Wildman–Crippen MR) is 115 cm³/mol. The second-order valence-electron chi connectivity index (χ2n) is 7.15. The standard InChI is InChI=1S/C22H22N2S2/c1-11-7-15(5)17(9-13(11)3)19-23-21-22(25-19)24-20(26-21)18-10-14(4)12(2)8-16(18)6/h7-10H,1-6H3. The fraction of sp³-hybridized carbons (Fsp3) is 0.273. The molecule has 2 heterocycles. The molecule has 4 heteroatoms. The number of aromatic nitrogens is 2. The highest BCUT2D eigenvalue weighted by Crippen LogP contribution is 2.39. The van der Waals surface area contributed by atoms with Crippen LogP contribution in [-0.4, -0.2) is 9.97 Å². The molecule has 26 heavy (non-hydrogen) atoms. The first kappa shape index (κ1) is 17.4. The van der Waals surface area contributed by atoms with Crippen molar-refractivity contribution in [3.05, 3.63) is 57.6 Å². The maximum absolute atomic E-state index is 4.90. The molecule has 0 saturated carbocycles. The SMILES string of the molecule is Cc1cc(C)c(-c2nc3sc(-c4cc(C)c(C)cc4C)nc3s2)cc1C. The number of hydrogen-bond acceptors (Lipinski definition) is 4. The first-order valence-electron chi connectivity index (χ1n) is 8.77. The van der Waals surface area contributed by atoms with Crippen LogP contribution < -0.4 is 0 Å². The average molecular weight is 379 g/mol. The van der Waals surface area contributed by atoms with E-state index in [-0.39, 0.29) is 0 Å². The van der Waals surface area contributed by atoms with Gasteiger partial charge in [-0.1, -0.05) is 34.8 Å². The van der Waals surface area contributed by atoms with Gasteiger partial charge in [-0.15, -0.1) is 0 Å². The largest absolute Gasteiger partial charge is 0.223 e. The quantitative estimate of drug-likeness (QED) is 0.377. The van der Waals surface area contributed by atoms with Gasteiger partial charge in [0, 0.05) is 11.1 Å². The average Bonchev–Trinajstić information content (AvgIpc) is 3.13. The lowest BCUT2D eigenvalue weighted by Gasteiger charge is -2.07. The minimum absolute atomic E-state index is 1.04. The van der Waals surface area contributed by atoms with Crippen LogP contribution in [0, 0.1) is 41.5 Å². The molecule has 2 aromatic carbocycles. The van der Waals surface area contributed by atoms with E-state index in [9.17, 15) is 0 Å². The molecule has 0 bridgehead atoms. The lowest BCUT2D eigenvalue weighted by Crippen LogP contribution is -1.88. The van der Waals surface area contributed by atoms with Crippen molar-refractivity contribution in [2.45, 2.75) is 41.5 Å². The Morgan fingerprint density at radius 2 is 0.846 bits per heavy atom. The van der Waals surface area contributed by atoms with Gasteiger partial charge in [0.15, 0.2) is 9.66 Å². The summed E-state index contributed by atoms with van der Waals surface area (Å²) in [5, 5.41) is 2.14. The van der Waals surface area contributed by atoms with Gasteiger partial charge in [0.1, 0.15) is 10.0 Å². The number of benzene rings is 2. The van der Waals surface area contributed by atoms with Crippen LogP contribution in [0.4, 0.5) is 0 Å². The van der Waals surface area contributed by atoms with E-state index >= 15 is 0 Å². The monoisotopic (exact) mass is 378 g/mol. The molecule has 0 radical (unpaired) electrons. The van der Waals surface area contributed by atoms with Gasteiger partial charge in [0.25, 0.3) is 0 Å². The van der Waals surface area contributed by atoms with Crippen LogP contribution >= 0.6 is 22.7 Å². The van der Waals surface area contributed by atoms with Gasteiger partial charge in [-0.05, 0) is 87.1 Å². The summed E-state index contributed by atoms with van der Waals surface area (Å²) in [5.41, 5.74) is 10.3. The summed E-state index contributed by atoms with van der Waals surface area (Å²) in [6.07, 6.45) is 0. The van der Waals surface area contributed by atoms with Crippen molar-refractivity contribution in [2.24, 2.45) is 0 Å². The summed E-state index contributed by atoms with van der Waals surface area (Å²) in [7, 11) is 0. The Labute approximate surface area is 162 Å². The van der Waals surface area contributed by atoms with E-state index in [1.54, 1.807) is 22.7 Å². The Morgan fingerprint density at radius 1 is 0.500 bits per heavy atom. The third-order valence-corrected chi connectivity index (χ3v) is 7.21. The molecule has 0 aliphatic heterocycles. The molecule has 4 rings (SSSR count). The summed E-state index contributed by atoms with van der Waals surface area (Å²) < 4.78 is 0. The fourth-order valence-electron chi connectivity index (χ4n) is 3.25. The van der Waals surface area contributed by atoms with E-state index in [1.807, 2.05) is 0 Å². The van der Waals surface area contributed by atoms with Crippen molar-refractivity contribution in [3.8, 4) is 21.1 Å². The third-order valence-electron chi connectivity index (χ3n) is 5.12. The smallest absolute Gasteiger partial charge is 0.155 e. The molecule has 0 spiro atoms. The van der Waals surface area contributed by atoms with Gasteiger partial charge in [-0.2, -0.15) is 0 Å². The van der Waals surface area contributed by atoms with Crippen LogP contribution in [0.5, 0.6) is 0 Å². The molecular formula is C22H22N2S2. The zero-order chi connectivity index (χ0) is 18.6. The second kappa shape index (κ2) is 6.29. The molecule has 0 aliphatic rings. The molecule has 0 fully saturated rings. The number of aryl methyl sites for hydroxylation is 6. The predicted octanol–water partition coefficient (Wildman–Crippen LogP) is 6.94. The van der Waals surface area contributed by atoms with Crippen molar-refractivity contribution < 1.29 is 0 Å². The molecule has 2 aromatic heterocycles. The Morgan fingerprint density at radius 3 is 1.23 bits per heavy atom. The topological polar surface area (TPSA) is 25.8 Å². The van der Waals surface area contributed by atoms with Crippen LogP contribution in [0.15, 0.2) is 24.3 Å². The van der Waals surface area contributed by atoms with Gasteiger partial charge >= 0.3 is 0 Å². The molecule has 2 nitrogen and oxygen atoms in total. The van der Waals surface area contributed by atoms with Crippen molar-refractivity contribution in [3.63, 3.8) is 0 Å². The number of fused-ring (bicyclic) bond motifs is 1. The molecule has 0 unspecified atom stereocenters. The molecule has 0 N–H and O–H groups in total. The van der Waals surface area contributed by atoms with Crippen molar-refractivity contribution in [1.29, 1.82) is 0 Å². The summed E-state index contributed by atoms with van der Waals surface area (Å²) in [4.78, 5) is 11.9. The molecule has 0 aliphatic carbocycles. The van der Waals surface area contributed by atoms with Crippen LogP contribution in [0.2, 0.25) is 0 Å². The molecule has 0 saturated heterocycles. The van der Waals surface area contributed by atoms with Crippen LogP contribution in [0.1, 0.15) is 33.4 Å². The fourth-order valence-corrected chi connectivity index (χ4v) is 5.46. The number of thiazole rings is 2. The molecule has 132 valence electrons. The summed E-state index contributed by atoms with van der Waals surface area (Å²) in [6.45, 7) is 13.0. The normalized spacial score (nSPS) is 11.5. The lowest BCUT2D eigenvalue weighted by atomic mass is 10.0.